The number of rotatable bonds is 1. The van der Waals surface area contributed by atoms with Gasteiger partial charge in [0.1, 0.15) is 5.82 Å². The van der Waals surface area contributed by atoms with Crippen LogP contribution in [0.2, 0.25) is 0 Å². The fourth-order valence-electron chi connectivity index (χ4n) is 1.72. The molecule has 0 atom stereocenters. The van der Waals surface area contributed by atoms with Crippen molar-refractivity contribution in [3.8, 4) is 0 Å². The van der Waals surface area contributed by atoms with Crippen LogP contribution in [0.25, 0.3) is 5.57 Å². The molecule has 0 spiro atoms. The lowest BCUT2D eigenvalue weighted by Crippen LogP contribution is -2.19. The van der Waals surface area contributed by atoms with Crippen molar-refractivity contribution in [1.29, 1.82) is 0 Å². The Morgan fingerprint density at radius 2 is 1.94 bits per heavy atom. The highest BCUT2D eigenvalue weighted by molar-refractivity contribution is 7.95. The molecule has 1 aromatic carbocycles. The van der Waals surface area contributed by atoms with Crippen LogP contribution >= 0.6 is 0 Å². The predicted molar refractivity (Wildman–Crippen MR) is 57.9 cm³/mol. The van der Waals surface area contributed by atoms with Crippen LogP contribution in [0.1, 0.15) is 19.4 Å². The molecule has 1 N–H and O–H groups in total. The SMILES string of the molecule is CC(C)(O)C1=CS(=O)(=O)c2ccc(F)cc21. The smallest absolute Gasteiger partial charge is 0.200 e. The van der Waals surface area contributed by atoms with E-state index in [0.717, 1.165) is 17.5 Å². The molecule has 3 nitrogen and oxygen atoms in total. The summed E-state index contributed by atoms with van der Waals surface area (Å²) < 4.78 is 36.5. The Morgan fingerprint density at radius 1 is 1.31 bits per heavy atom. The first-order valence-electron chi connectivity index (χ1n) is 4.71. The minimum atomic E-state index is -3.54. The molecule has 0 radical (unpaired) electrons. The maximum absolute atomic E-state index is 13.1. The van der Waals surface area contributed by atoms with Gasteiger partial charge in [-0.25, -0.2) is 12.8 Å². The summed E-state index contributed by atoms with van der Waals surface area (Å²) in [6.07, 6.45) is 0. The van der Waals surface area contributed by atoms with Crippen LogP contribution in [-0.4, -0.2) is 19.1 Å². The van der Waals surface area contributed by atoms with Crippen molar-refractivity contribution in [2.24, 2.45) is 0 Å². The average molecular weight is 242 g/mol. The summed E-state index contributed by atoms with van der Waals surface area (Å²) in [5.74, 6) is -0.522. The van der Waals surface area contributed by atoms with Gasteiger partial charge < -0.3 is 5.11 Å². The lowest BCUT2D eigenvalue weighted by molar-refractivity contribution is 0.144. The first-order valence-corrected chi connectivity index (χ1v) is 6.26. The Morgan fingerprint density at radius 3 is 2.50 bits per heavy atom. The zero-order chi connectivity index (χ0) is 12.1. The topological polar surface area (TPSA) is 54.4 Å². The van der Waals surface area contributed by atoms with Gasteiger partial charge in [-0.3, -0.25) is 0 Å². The number of benzene rings is 1. The molecule has 2 rings (SSSR count). The molecule has 0 fully saturated rings. The molecule has 1 heterocycles. The second-order valence-corrected chi connectivity index (χ2v) is 6.04. The summed E-state index contributed by atoms with van der Waals surface area (Å²) in [6, 6.07) is 3.44. The Bertz CT molecular complexity index is 580. The lowest BCUT2D eigenvalue weighted by atomic mass is 9.93. The van der Waals surface area contributed by atoms with Crippen LogP contribution in [0.15, 0.2) is 28.5 Å². The minimum absolute atomic E-state index is 0.0472. The van der Waals surface area contributed by atoms with Gasteiger partial charge in [-0.05, 0) is 32.0 Å². The van der Waals surface area contributed by atoms with Crippen molar-refractivity contribution in [2.75, 3.05) is 0 Å². The number of aliphatic hydroxyl groups is 1. The van der Waals surface area contributed by atoms with E-state index in [-0.39, 0.29) is 16.0 Å². The van der Waals surface area contributed by atoms with Crippen molar-refractivity contribution < 1.29 is 17.9 Å². The fourth-order valence-corrected chi connectivity index (χ4v) is 3.30. The van der Waals surface area contributed by atoms with Gasteiger partial charge in [0.2, 0.25) is 9.84 Å². The van der Waals surface area contributed by atoms with E-state index in [1.165, 1.54) is 19.9 Å². The highest BCUT2D eigenvalue weighted by atomic mass is 32.2. The van der Waals surface area contributed by atoms with Gasteiger partial charge in [-0.2, -0.15) is 0 Å². The maximum atomic E-state index is 13.1. The molecule has 0 aromatic heterocycles. The first kappa shape index (κ1) is 11.3. The number of hydrogen-bond acceptors (Lipinski definition) is 3. The van der Waals surface area contributed by atoms with E-state index < -0.39 is 21.3 Å². The maximum Gasteiger partial charge on any atom is 0.200 e. The van der Waals surface area contributed by atoms with Crippen LogP contribution in [0.4, 0.5) is 4.39 Å². The molecular weight excluding hydrogens is 231 g/mol. The number of fused-ring (bicyclic) bond motifs is 1. The lowest BCUT2D eigenvalue weighted by Gasteiger charge is -2.19. The number of halogens is 1. The summed E-state index contributed by atoms with van der Waals surface area (Å²) in [6.45, 7) is 2.93. The van der Waals surface area contributed by atoms with Crippen molar-refractivity contribution in [3.63, 3.8) is 0 Å². The molecule has 1 aliphatic heterocycles. The van der Waals surface area contributed by atoms with Crippen molar-refractivity contribution in [2.45, 2.75) is 24.3 Å². The molecule has 0 unspecified atom stereocenters. The third-order valence-corrected chi connectivity index (χ3v) is 3.99. The van der Waals surface area contributed by atoms with Crippen molar-refractivity contribution in [1.82, 2.24) is 0 Å². The Balaban J connectivity index is 2.77. The van der Waals surface area contributed by atoms with Gasteiger partial charge in [-0.15, -0.1) is 0 Å². The standard InChI is InChI=1S/C11H11FO3S/c1-11(2,13)9-6-16(14,15)10-4-3-7(12)5-8(9)10/h3-6,13H,1-2H3. The predicted octanol–water partition coefficient (Wildman–Crippen LogP) is 1.72. The van der Waals surface area contributed by atoms with E-state index in [1.54, 1.807) is 0 Å². The normalized spacial score (nSPS) is 18.1. The Kier molecular flexibility index (Phi) is 2.22. The zero-order valence-electron chi connectivity index (χ0n) is 8.86. The molecule has 86 valence electrons. The summed E-state index contributed by atoms with van der Waals surface area (Å²) in [7, 11) is -3.54. The average Bonchev–Trinajstić information content (AvgIpc) is 2.37. The van der Waals surface area contributed by atoms with Crippen molar-refractivity contribution in [3.05, 3.63) is 35.0 Å². The van der Waals surface area contributed by atoms with Crippen LogP contribution in [0.3, 0.4) is 0 Å². The van der Waals surface area contributed by atoms with Crippen LogP contribution in [0, 0.1) is 5.82 Å². The highest BCUT2D eigenvalue weighted by Crippen LogP contribution is 2.39. The summed E-state index contributed by atoms with van der Waals surface area (Å²) in [5.41, 5.74) is -0.846. The zero-order valence-corrected chi connectivity index (χ0v) is 9.68. The molecule has 0 saturated heterocycles. The molecule has 16 heavy (non-hydrogen) atoms. The largest absolute Gasteiger partial charge is 0.386 e. The van der Waals surface area contributed by atoms with E-state index in [9.17, 15) is 17.9 Å². The molecular formula is C11H11FO3S. The molecule has 0 saturated carbocycles. The molecule has 0 bridgehead atoms. The second-order valence-electron chi connectivity index (χ2n) is 4.28. The Hall–Kier alpha value is -1.20. The van der Waals surface area contributed by atoms with E-state index in [4.69, 9.17) is 0 Å². The minimum Gasteiger partial charge on any atom is -0.386 e. The summed E-state index contributed by atoms with van der Waals surface area (Å²) >= 11 is 0. The number of sulfone groups is 1. The van der Waals surface area contributed by atoms with E-state index >= 15 is 0 Å². The fraction of sp³-hybridized carbons (Fsp3) is 0.273. The summed E-state index contributed by atoms with van der Waals surface area (Å²) in [4.78, 5) is 0.0472. The summed E-state index contributed by atoms with van der Waals surface area (Å²) in [5, 5.41) is 10.8. The molecule has 5 heteroatoms. The van der Waals surface area contributed by atoms with Crippen molar-refractivity contribution >= 4 is 15.4 Å². The van der Waals surface area contributed by atoms with E-state index in [1.807, 2.05) is 0 Å². The monoisotopic (exact) mass is 242 g/mol. The van der Waals surface area contributed by atoms with Gasteiger partial charge in [0.05, 0.1) is 10.5 Å². The first-order chi connectivity index (χ1) is 7.22. The van der Waals surface area contributed by atoms with Gasteiger partial charge in [0.25, 0.3) is 0 Å². The van der Waals surface area contributed by atoms with Crippen LogP contribution < -0.4 is 0 Å². The van der Waals surface area contributed by atoms with Crippen LogP contribution in [-0.2, 0) is 9.84 Å². The third kappa shape index (κ3) is 1.66. The van der Waals surface area contributed by atoms with E-state index in [0.29, 0.717) is 0 Å². The molecule has 0 amide bonds. The van der Waals surface area contributed by atoms with Gasteiger partial charge >= 0.3 is 0 Å². The van der Waals surface area contributed by atoms with Crippen LogP contribution in [0.5, 0.6) is 0 Å². The third-order valence-electron chi connectivity index (χ3n) is 2.47. The molecule has 1 aliphatic rings. The number of hydrogen-bond donors (Lipinski definition) is 1. The second kappa shape index (κ2) is 3.15. The molecule has 0 aliphatic carbocycles. The molecule has 1 aromatic rings. The highest BCUT2D eigenvalue weighted by Gasteiger charge is 2.34. The quantitative estimate of drug-likeness (QED) is 0.763. The van der Waals surface area contributed by atoms with E-state index in [2.05, 4.69) is 0 Å². The van der Waals surface area contributed by atoms with Gasteiger partial charge in [-0.1, -0.05) is 0 Å². The Labute approximate surface area is 93.1 Å². The van der Waals surface area contributed by atoms with Gasteiger partial charge in [0.15, 0.2) is 0 Å². The van der Waals surface area contributed by atoms with Gasteiger partial charge in [0, 0.05) is 16.5 Å².